The first-order valence-electron chi connectivity index (χ1n) is 9.55. The number of fused-ring (bicyclic) bond motifs is 1. The third kappa shape index (κ3) is 5.57. The van der Waals surface area contributed by atoms with Crippen molar-refractivity contribution in [1.29, 1.82) is 0 Å². The van der Waals surface area contributed by atoms with E-state index in [0.717, 1.165) is 42.9 Å². The number of Topliss-reactive ketones (excluding diaryl/α,β-unsaturated/α-hetero) is 1. The van der Waals surface area contributed by atoms with Crippen LogP contribution in [0.25, 0.3) is 0 Å². The number of amides is 1. The Hall–Kier alpha value is -2.37. The van der Waals surface area contributed by atoms with Gasteiger partial charge in [-0.25, -0.2) is 0 Å². The highest BCUT2D eigenvalue weighted by molar-refractivity contribution is 6.31. The van der Waals surface area contributed by atoms with Crippen LogP contribution in [0, 0.1) is 0 Å². The molecule has 0 radical (unpaired) electrons. The molecular weight excluding hydrogens is 376 g/mol. The third-order valence-corrected chi connectivity index (χ3v) is 5.22. The SMILES string of the molecule is CN(CCCCC(=O)c1ccc2c(c1)NC(=O)CO2)CCc1ccccc1Cl. The van der Waals surface area contributed by atoms with Crippen molar-refractivity contribution in [1.82, 2.24) is 4.90 Å². The fraction of sp³-hybridized carbons (Fsp3) is 0.364. The molecule has 0 saturated carbocycles. The van der Waals surface area contributed by atoms with Crippen molar-refractivity contribution in [2.24, 2.45) is 0 Å². The van der Waals surface area contributed by atoms with Crippen molar-refractivity contribution in [2.75, 3.05) is 32.1 Å². The highest BCUT2D eigenvalue weighted by Crippen LogP contribution is 2.29. The quantitative estimate of drug-likeness (QED) is 0.506. The molecule has 148 valence electrons. The maximum absolute atomic E-state index is 12.4. The number of benzene rings is 2. The van der Waals surface area contributed by atoms with E-state index in [1.165, 1.54) is 0 Å². The summed E-state index contributed by atoms with van der Waals surface area (Å²) in [5.41, 5.74) is 2.34. The predicted octanol–water partition coefficient (Wildman–Crippen LogP) is 4.20. The number of likely N-dealkylation sites (N-methyl/N-ethyl adjacent to an activating group) is 1. The lowest BCUT2D eigenvalue weighted by Gasteiger charge is -2.18. The van der Waals surface area contributed by atoms with Gasteiger partial charge in [-0.2, -0.15) is 0 Å². The van der Waals surface area contributed by atoms with Gasteiger partial charge in [0.05, 0.1) is 5.69 Å². The zero-order valence-electron chi connectivity index (χ0n) is 16.0. The number of nitrogens with zero attached hydrogens (tertiary/aromatic N) is 1. The number of hydrogen-bond acceptors (Lipinski definition) is 4. The zero-order valence-corrected chi connectivity index (χ0v) is 16.8. The molecule has 0 aliphatic carbocycles. The number of carbonyl (C=O) groups excluding carboxylic acids is 2. The van der Waals surface area contributed by atoms with Crippen molar-refractivity contribution in [3.63, 3.8) is 0 Å². The van der Waals surface area contributed by atoms with E-state index in [1.807, 2.05) is 18.2 Å². The lowest BCUT2D eigenvalue weighted by molar-refractivity contribution is -0.118. The van der Waals surface area contributed by atoms with Gasteiger partial charge in [-0.1, -0.05) is 29.8 Å². The number of nitrogens with one attached hydrogen (secondary N) is 1. The first-order chi connectivity index (χ1) is 13.5. The standard InChI is InChI=1S/C22H25ClN2O3/c1-25(13-11-16-6-2-3-7-18(16)23)12-5-4-8-20(26)17-9-10-21-19(14-17)24-22(27)15-28-21/h2-3,6-7,9-10,14H,4-5,8,11-13,15H2,1H3,(H,24,27). The van der Waals surface area contributed by atoms with Gasteiger partial charge in [0.1, 0.15) is 5.75 Å². The van der Waals surface area contributed by atoms with Crippen LogP contribution in [0.1, 0.15) is 35.2 Å². The molecule has 1 heterocycles. The van der Waals surface area contributed by atoms with Crippen LogP contribution in [-0.2, 0) is 11.2 Å². The summed E-state index contributed by atoms with van der Waals surface area (Å²) in [6.07, 6.45) is 3.19. The minimum atomic E-state index is -0.197. The first kappa shape index (κ1) is 20.4. The Morgan fingerprint density at radius 2 is 2.00 bits per heavy atom. The van der Waals surface area contributed by atoms with Gasteiger partial charge in [0.15, 0.2) is 12.4 Å². The van der Waals surface area contributed by atoms with Gasteiger partial charge < -0.3 is 15.0 Å². The molecule has 28 heavy (non-hydrogen) atoms. The fourth-order valence-electron chi connectivity index (χ4n) is 3.19. The average Bonchev–Trinajstić information content (AvgIpc) is 2.69. The molecule has 6 heteroatoms. The maximum Gasteiger partial charge on any atom is 0.262 e. The lowest BCUT2D eigenvalue weighted by atomic mass is 10.0. The van der Waals surface area contributed by atoms with E-state index in [4.69, 9.17) is 16.3 Å². The molecule has 3 rings (SSSR count). The van der Waals surface area contributed by atoms with Gasteiger partial charge in [0, 0.05) is 23.6 Å². The molecule has 0 fully saturated rings. The summed E-state index contributed by atoms with van der Waals surface area (Å²) in [6.45, 7) is 1.89. The zero-order chi connectivity index (χ0) is 19.9. The molecule has 1 aliphatic rings. The van der Waals surface area contributed by atoms with E-state index in [0.29, 0.717) is 23.4 Å². The molecule has 0 aromatic heterocycles. The predicted molar refractivity (Wildman–Crippen MR) is 111 cm³/mol. The summed E-state index contributed by atoms with van der Waals surface area (Å²) in [7, 11) is 2.09. The fourth-order valence-corrected chi connectivity index (χ4v) is 3.42. The Bertz CT molecular complexity index is 853. The number of anilines is 1. The van der Waals surface area contributed by atoms with Crippen LogP contribution >= 0.6 is 11.6 Å². The number of rotatable bonds is 9. The second-order valence-electron chi connectivity index (χ2n) is 7.07. The Kier molecular flexibility index (Phi) is 7.06. The Labute approximate surface area is 170 Å². The van der Waals surface area contributed by atoms with Crippen LogP contribution in [0.3, 0.4) is 0 Å². The molecule has 1 aliphatic heterocycles. The van der Waals surface area contributed by atoms with Gasteiger partial charge in [-0.3, -0.25) is 9.59 Å². The molecule has 5 nitrogen and oxygen atoms in total. The Balaban J connectivity index is 1.39. The topological polar surface area (TPSA) is 58.6 Å². The number of hydrogen-bond donors (Lipinski definition) is 1. The van der Waals surface area contributed by atoms with Crippen molar-refractivity contribution < 1.29 is 14.3 Å². The summed E-state index contributed by atoms with van der Waals surface area (Å²) >= 11 is 6.19. The number of ether oxygens (including phenoxy) is 1. The minimum Gasteiger partial charge on any atom is -0.482 e. The molecule has 1 N–H and O–H groups in total. The summed E-state index contributed by atoms with van der Waals surface area (Å²) in [5, 5.41) is 3.55. The van der Waals surface area contributed by atoms with Crippen LogP contribution in [-0.4, -0.2) is 43.3 Å². The number of halogens is 1. The monoisotopic (exact) mass is 400 g/mol. The van der Waals surface area contributed by atoms with E-state index in [1.54, 1.807) is 18.2 Å². The molecule has 0 unspecified atom stereocenters. The van der Waals surface area contributed by atoms with Gasteiger partial charge in [-0.05, 0) is 62.7 Å². The normalized spacial score (nSPS) is 13.0. The summed E-state index contributed by atoms with van der Waals surface area (Å²) in [5.74, 6) is 0.495. The van der Waals surface area contributed by atoms with Gasteiger partial charge in [0.2, 0.25) is 0 Å². The molecule has 0 bridgehead atoms. The van der Waals surface area contributed by atoms with Crippen LogP contribution in [0.2, 0.25) is 5.02 Å². The molecule has 0 atom stereocenters. The largest absolute Gasteiger partial charge is 0.482 e. The summed E-state index contributed by atoms with van der Waals surface area (Å²) in [4.78, 5) is 26.1. The van der Waals surface area contributed by atoms with E-state index in [-0.39, 0.29) is 18.3 Å². The van der Waals surface area contributed by atoms with Crippen molar-refractivity contribution in [3.8, 4) is 5.75 Å². The number of unbranched alkanes of at least 4 members (excludes halogenated alkanes) is 1. The highest BCUT2D eigenvalue weighted by Gasteiger charge is 2.17. The second kappa shape index (κ2) is 9.71. The lowest BCUT2D eigenvalue weighted by Crippen LogP contribution is -2.25. The third-order valence-electron chi connectivity index (χ3n) is 4.85. The molecular formula is C22H25ClN2O3. The maximum atomic E-state index is 12.4. The summed E-state index contributed by atoms with van der Waals surface area (Å²) in [6, 6.07) is 13.1. The van der Waals surface area contributed by atoms with Crippen LogP contribution < -0.4 is 10.1 Å². The second-order valence-corrected chi connectivity index (χ2v) is 7.48. The van der Waals surface area contributed by atoms with Gasteiger partial charge in [-0.15, -0.1) is 0 Å². The van der Waals surface area contributed by atoms with E-state index in [2.05, 4.69) is 23.3 Å². The van der Waals surface area contributed by atoms with E-state index < -0.39 is 0 Å². The van der Waals surface area contributed by atoms with Gasteiger partial charge >= 0.3 is 0 Å². The smallest absolute Gasteiger partial charge is 0.262 e. The van der Waals surface area contributed by atoms with Crippen LogP contribution in [0.15, 0.2) is 42.5 Å². The van der Waals surface area contributed by atoms with Crippen LogP contribution in [0.5, 0.6) is 5.75 Å². The Morgan fingerprint density at radius 1 is 1.18 bits per heavy atom. The number of ketones is 1. The highest BCUT2D eigenvalue weighted by atomic mass is 35.5. The van der Waals surface area contributed by atoms with E-state index >= 15 is 0 Å². The Morgan fingerprint density at radius 3 is 2.82 bits per heavy atom. The number of carbonyl (C=O) groups is 2. The molecule has 0 saturated heterocycles. The molecule has 1 amide bonds. The average molecular weight is 401 g/mol. The van der Waals surface area contributed by atoms with Gasteiger partial charge in [0.25, 0.3) is 5.91 Å². The molecule has 0 spiro atoms. The first-order valence-corrected chi connectivity index (χ1v) is 9.92. The van der Waals surface area contributed by atoms with Crippen LogP contribution in [0.4, 0.5) is 5.69 Å². The van der Waals surface area contributed by atoms with Crippen molar-refractivity contribution >= 4 is 29.0 Å². The minimum absolute atomic E-state index is 0.0181. The molecule has 2 aromatic rings. The van der Waals surface area contributed by atoms with E-state index in [9.17, 15) is 9.59 Å². The van der Waals surface area contributed by atoms with Crippen molar-refractivity contribution in [2.45, 2.75) is 25.7 Å². The molecule has 2 aromatic carbocycles. The summed E-state index contributed by atoms with van der Waals surface area (Å²) < 4.78 is 5.32. The van der Waals surface area contributed by atoms with Crippen molar-refractivity contribution in [3.05, 3.63) is 58.6 Å².